The molecule has 4 heteroatoms. The summed E-state index contributed by atoms with van der Waals surface area (Å²) in [5, 5.41) is 11.0. The number of nitrogens with zero attached hydrogens (tertiary/aromatic N) is 4. The Morgan fingerprint density at radius 1 is 1.67 bits per heavy atom. The number of hydrogen-bond acceptors (Lipinski definition) is 2. The van der Waals surface area contributed by atoms with Crippen molar-refractivity contribution in [3.63, 3.8) is 0 Å². The molecule has 50 valence electrons. The molecule has 0 aromatic carbocycles. The number of rotatable bonds is 2. The Hall–Kier alpha value is -1.20. The summed E-state index contributed by atoms with van der Waals surface area (Å²) in [5.41, 5.74) is 7.64. The van der Waals surface area contributed by atoms with Crippen LogP contribution in [-0.4, -0.2) is 6.54 Å². The Bertz CT molecular complexity index is 117. The lowest BCUT2D eigenvalue weighted by molar-refractivity contribution is 1.00. The Labute approximate surface area is 54.7 Å². The van der Waals surface area contributed by atoms with E-state index in [-0.39, 0.29) is 6.54 Å². The fourth-order valence-corrected chi connectivity index (χ4v) is 0.145. The van der Waals surface area contributed by atoms with Gasteiger partial charge in [0.1, 0.15) is 0 Å². The summed E-state index contributed by atoms with van der Waals surface area (Å²) in [6, 6.07) is 1.84. The van der Waals surface area contributed by atoms with Crippen molar-refractivity contribution in [2.75, 3.05) is 6.54 Å². The molecule has 0 amide bonds. The van der Waals surface area contributed by atoms with E-state index in [4.69, 9.17) is 10.8 Å². The van der Waals surface area contributed by atoms with E-state index in [2.05, 4.69) is 10.0 Å². The van der Waals surface area contributed by atoms with E-state index < -0.39 is 0 Å². The molecule has 0 rings (SSSR count). The molecule has 0 aromatic heterocycles. The Morgan fingerprint density at radius 3 is 2.56 bits per heavy atom. The largest absolute Gasteiger partial charge is 0.198 e. The van der Waals surface area contributed by atoms with Crippen molar-refractivity contribution >= 4 is 0 Å². The summed E-state index contributed by atoms with van der Waals surface area (Å²) >= 11 is 0. The minimum Gasteiger partial charge on any atom is -0.198 e. The summed E-state index contributed by atoms with van der Waals surface area (Å²) in [4.78, 5) is 2.45. The molecule has 0 aliphatic carbocycles. The zero-order chi connectivity index (χ0) is 7.54. The first-order valence-electron chi connectivity index (χ1n) is 2.79. The molecule has 9 heavy (non-hydrogen) atoms. The summed E-state index contributed by atoms with van der Waals surface area (Å²) in [7, 11) is 0. The van der Waals surface area contributed by atoms with Crippen LogP contribution in [0.15, 0.2) is 5.11 Å². The minimum atomic E-state index is 0.285. The highest BCUT2D eigenvalue weighted by Gasteiger charge is 1.72. The zero-order valence-electron chi connectivity index (χ0n) is 5.70. The molecule has 0 fully saturated rings. The quantitative estimate of drug-likeness (QED) is 0.242. The van der Waals surface area contributed by atoms with Crippen molar-refractivity contribution in [3.05, 3.63) is 10.4 Å². The molecule has 0 aromatic rings. The monoisotopic (exact) mass is 126 g/mol. The predicted octanol–water partition coefficient (Wildman–Crippen LogP) is 2.24. The van der Waals surface area contributed by atoms with Gasteiger partial charge in [0.15, 0.2) is 0 Å². The molecule has 0 bridgehead atoms. The van der Waals surface area contributed by atoms with E-state index >= 15 is 0 Å². The van der Waals surface area contributed by atoms with E-state index in [1.807, 2.05) is 19.9 Å². The van der Waals surface area contributed by atoms with E-state index in [1.54, 1.807) is 0 Å². The lowest BCUT2D eigenvalue weighted by Crippen LogP contribution is -1.69. The van der Waals surface area contributed by atoms with Crippen LogP contribution in [0.4, 0.5) is 0 Å². The summed E-state index contributed by atoms with van der Waals surface area (Å²) in [5.74, 6) is 0. The van der Waals surface area contributed by atoms with Gasteiger partial charge in [-0.15, -0.1) is 0 Å². The van der Waals surface area contributed by atoms with Gasteiger partial charge >= 0.3 is 0 Å². The number of nitriles is 1. The third-order valence-corrected chi connectivity index (χ3v) is 0.387. The Balaban J connectivity index is 0. The van der Waals surface area contributed by atoms with Gasteiger partial charge in [0, 0.05) is 17.9 Å². The molecule has 0 saturated carbocycles. The molecule has 0 radical (unpaired) electrons. The fraction of sp³-hybridized carbons (Fsp3) is 0.800. The highest BCUT2D eigenvalue weighted by atomic mass is 15.1. The van der Waals surface area contributed by atoms with Crippen molar-refractivity contribution < 1.29 is 0 Å². The molecule has 0 heterocycles. The topological polar surface area (TPSA) is 72.5 Å². The fourth-order valence-electron chi connectivity index (χ4n) is 0.145. The van der Waals surface area contributed by atoms with Crippen LogP contribution in [0.3, 0.4) is 0 Å². The lowest BCUT2D eigenvalue weighted by Gasteiger charge is -1.69. The molecular weight excluding hydrogens is 116 g/mol. The normalized spacial score (nSPS) is 5.44. The van der Waals surface area contributed by atoms with Gasteiger partial charge in [0.25, 0.3) is 0 Å². The van der Waals surface area contributed by atoms with Gasteiger partial charge in [0.05, 0.1) is 6.07 Å². The van der Waals surface area contributed by atoms with Crippen LogP contribution in [0.2, 0.25) is 0 Å². The van der Waals surface area contributed by atoms with Crippen molar-refractivity contribution in [2.45, 2.75) is 20.3 Å². The maximum Gasteiger partial charge on any atom is 0.0623 e. The third-order valence-electron chi connectivity index (χ3n) is 0.387. The van der Waals surface area contributed by atoms with Crippen LogP contribution in [-0.2, 0) is 0 Å². The SMILES string of the molecule is CC.N#CCCN=[N+]=[N-]. The van der Waals surface area contributed by atoms with Gasteiger partial charge in [-0.25, -0.2) is 0 Å². The van der Waals surface area contributed by atoms with Crippen molar-refractivity contribution in [2.24, 2.45) is 5.11 Å². The zero-order valence-corrected chi connectivity index (χ0v) is 5.70. The van der Waals surface area contributed by atoms with Gasteiger partial charge in [-0.05, 0) is 5.53 Å². The van der Waals surface area contributed by atoms with E-state index in [0.717, 1.165) is 0 Å². The van der Waals surface area contributed by atoms with Crippen LogP contribution >= 0.6 is 0 Å². The second-order valence-electron chi connectivity index (χ2n) is 0.863. The average Bonchev–Trinajstić information content (AvgIpc) is 1.94. The van der Waals surface area contributed by atoms with E-state index in [0.29, 0.717) is 6.42 Å². The summed E-state index contributed by atoms with van der Waals surface area (Å²) in [6.45, 7) is 4.28. The highest BCUT2D eigenvalue weighted by Crippen LogP contribution is 1.75. The van der Waals surface area contributed by atoms with Gasteiger partial charge in [0.2, 0.25) is 0 Å². The molecule has 4 nitrogen and oxygen atoms in total. The first-order valence-corrected chi connectivity index (χ1v) is 2.79. The van der Waals surface area contributed by atoms with Crippen molar-refractivity contribution in [1.82, 2.24) is 0 Å². The highest BCUT2D eigenvalue weighted by molar-refractivity contribution is 4.69. The predicted molar refractivity (Wildman–Crippen MR) is 35.6 cm³/mol. The minimum absolute atomic E-state index is 0.285. The summed E-state index contributed by atoms with van der Waals surface area (Å²) < 4.78 is 0. The number of azide groups is 1. The van der Waals surface area contributed by atoms with E-state index in [9.17, 15) is 0 Å². The van der Waals surface area contributed by atoms with Gasteiger partial charge in [-0.1, -0.05) is 19.0 Å². The second-order valence-corrected chi connectivity index (χ2v) is 0.863. The van der Waals surface area contributed by atoms with Gasteiger partial charge < -0.3 is 0 Å². The maximum atomic E-state index is 7.86. The van der Waals surface area contributed by atoms with Crippen LogP contribution in [0.1, 0.15) is 20.3 Å². The van der Waals surface area contributed by atoms with Crippen molar-refractivity contribution in [3.8, 4) is 6.07 Å². The Kier molecular flexibility index (Phi) is 18.9. The van der Waals surface area contributed by atoms with Gasteiger partial charge in [-0.3, -0.25) is 0 Å². The van der Waals surface area contributed by atoms with Crippen LogP contribution in [0.25, 0.3) is 10.4 Å². The van der Waals surface area contributed by atoms with Crippen LogP contribution in [0.5, 0.6) is 0 Å². The Morgan fingerprint density at radius 2 is 2.22 bits per heavy atom. The first-order chi connectivity index (χ1) is 4.41. The number of hydrogen-bond donors (Lipinski definition) is 0. The second kappa shape index (κ2) is 15.8. The molecule has 0 aliphatic heterocycles. The maximum absolute atomic E-state index is 7.86. The molecule has 0 unspecified atom stereocenters. The third kappa shape index (κ3) is 20.0. The lowest BCUT2D eigenvalue weighted by atomic mass is 10.5. The molecule has 0 spiro atoms. The van der Waals surface area contributed by atoms with Crippen LogP contribution in [0, 0.1) is 11.3 Å². The smallest absolute Gasteiger partial charge is 0.0623 e. The molecule has 0 atom stereocenters. The van der Waals surface area contributed by atoms with E-state index in [1.165, 1.54) is 0 Å². The molecular formula is C5H10N4. The molecule has 0 saturated heterocycles. The van der Waals surface area contributed by atoms with Crippen LogP contribution < -0.4 is 0 Å². The molecule has 0 aliphatic rings. The first kappa shape index (κ1) is 10.7. The van der Waals surface area contributed by atoms with Gasteiger partial charge in [-0.2, -0.15) is 5.26 Å². The molecule has 0 N–H and O–H groups in total. The standard InChI is InChI=1S/C3H4N4.C2H6/c4-2-1-3-6-7-5;1-2/h1,3H2;1-2H3. The average molecular weight is 126 g/mol. The summed E-state index contributed by atoms with van der Waals surface area (Å²) in [6.07, 6.45) is 0.310. The van der Waals surface area contributed by atoms with Crippen molar-refractivity contribution in [1.29, 1.82) is 5.26 Å².